The molecule has 230 valence electrons. The number of alkyl halides is 3. The van der Waals surface area contributed by atoms with Crippen molar-refractivity contribution in [2.75, 3.05) is 31.6 Å². The predicted molar refractivity (Wildman–Crippen MR) is 147 cm³/mol. The van der Waals surface area contributed by atoms with Crippen LogP contribution in [0.3, 0.4) is 0 Å². The second-order valence-corrected chi connectivity index (χ2v) is 10.1. The normalized spacial score (nSPS) is 17.6. The van der Waals surface area contributed by atoms with E-state index in [4.69, 9.17) is 9.47 Å². The van der Waals surface area contributed by atoms with Gasteiger partial charge in [0.1, 0.15) is 24.8 Å². The lowest BCUT2D eigenvalue weighted by atomic mass is 9.88. The van der Waals surface area contributed by atoms with Gasteiger partial charge in [-0.05, 0) is 36.1 Å². The third-order valence-corrected chi connectivity index (χ3v) is 6.88. The molecular formula is C30H31F5N4O4. The Morgan fingerprint density at radius 3 is 2.44 bits per heavy atom. The van der Waals surface area contributed by atoms with E-state index in [2.05, 4.69) is 15.6 Å². The zero-order chi connectivity index (χ0) is 30.8. The molecule has 3 atom stereocenters. The van der Waals surface area contributed by atoms with Crippen LogP contribution in [0.1, 0.15) is 35.4 Å². The molecule has 0 spiro atoms. The highest BCUT2D eigenvalue weighted by molar-refractivity contribution is 5.92. The molecule has 0 aliphatic carbocycles. The van der Waals surface area contributed by atoms with Gasteiger partial charge in [0.25, 0.3) is 0 Å². The van der Waals surface area contributed by atoms with E-state index in [1.807, 2.05) is 30.3 Å². The van der Waals surface area contributed by atoms with Gasteiger partial charge in [-0.15, -0.1) is 0 Å². The first kappa shape index (κ1) is 31.8. The van der Waals surface area contributed by atoms with Crippen LogP contribution in [0.5, 0.6) is 0 Å². The molecule has 1 aliphatic heterocycles. The van der Waals surface area contributed by atoms with Crippen molar-refractivity contribution >= 4 is 17.7 Å². The molecule has 0 bridgehead atoms. The molecule has 0 radical (unpaired) electrons. The van der Waals surface area contributed by atoms with Crippen LogP contribution in [-0.4, -0.2) is 61.6 Å². The Labute approximate surface area is 245 Å². The number of carbonyl (C=O) groups excluding carboxylic acids is 2. The molecule has 2 aromatic carbocycles. The summed E-state index contributed by atoms with van der Waals surface area (Å²) < 4.78 is 75.5. The van der Waals surface area contributed by atoms with Crippen molar-refractivity contribution in [3.63, 3.8) is 0 Å². The summed E-state index contributed by atoms with van der Waals surface area (Å²) >= 11 is 0. The summed E-state index contributed by atoms with van der Waals surface area (Å²) in [6.07, 6.45) is -2.97. The van der Waals surface area contributed by atoms with Crippen LogP contribution >= 0.6 is 0 Å². The van der Waals surface area contributed by atoms with Gasteiger partial charge >= 0.3 is 12.3 Å². The van der Waals surface area contributed by atoms with Crippen molar-refractivity contribution in [2.45, 2.75) is 43.5 Å². The van der Waals surface area contributed by atoms with Crippen molar-refractivity contribution in [2.24, 2.45) is 0 Å². The van der Waals surface area contributed by atoms with Gasteiger partial charge in [-0.25, -0.2) is 13.6 Å². The van der Waals surface area contributed by atoms with Gasteiger partial charge in [0, 0.05) is 24.4 Å². The van der Waals surface area contributed by atoms with E-state index in [0.717, 1.165) is 17.3 Å². The Morgan fingerprint density at radius 1 is 1.05 bits per heavy atom. The molecular weight excluding hydrogens is 575 g/mol. The van der Waals surface area contributed by atoms with Crippen molar-refractivity contribution in [1.82, 2.24) is 15.6 Å². The van der Waals surface area contributed by atoms with Gasteiger partial charge in [-0.1, -0.05) is 42.5 Å². The number of nitrogens with one attached hydrogen (secondary N) is 3. The maximum Gasteiger partial charge on any atom is 0.407 e. The Bertz CT molecular complexity index is 1350. The second-order valence-electron chi connectivity index (χ2n) is 10.1. The maximum atomic E-state index is 14.8. The van der Waals surface area contributed by atoms with Crippen LogP contribution in [-0.2, 0) is 20.7 Å². The summed E-state index contributed by atoms with van der Waals surface area (Å²) in [4.78, 5) is 28.5. The predicted octanol–water partition coefficient (Wildman–Crippen LogP) is 5.10. The van der Waals surface area contributed by atoms with E-state index in [0.29, 0.717) is 13.0 Å². The van der Waals surface area contributed by atoms with E-state index in [9.17, 15) is 31.5 Å². The number of carbonyl (C=O) groups is 2. The van der Waals surface area contributed by atoms with E-state index in [-0.39, 0.29) is 61.1 Å². The number of alkyl carbamates (subject to hydrolysis) is 1. The zero-order valence-electron chi connectivity index (χ0n) is 23.0. The highest BCUT2D eigenvalue weighted by atomic mass is 19.4. The molecule has 1 fully saturated rings. The fraction of sp³-hybridized carbons (Fsp3) is 0.367. The summed E-state index contributed by atoms with van der Waals surface area (Å²) in [7, 11) is 0. The fourth-order valence-electron chi connectivity index (χ4n) is 4.68. The molecule has 13 heteroatoms. The van der Waals surface area contributed by atoms with E-state index < -0.39 is 30.7 Å². The molecule has 2 heterocycles. The van der Waals surface area contributed by atoms with Crippen LogP contribution < -0.4 is 16.0 Å². The van der Waals surface area contributed by atoms with Crippen LogP contribution in [0.2, 0.25) is 0 Å². The minimum atomic E-state index is -4.54. The first-order valence-corrected chi connectivity index (χ1v) is 13.6. The largest absolute Gasteiger partial charge is 0.448 e. The molecule has 0 saturated carbocycles. The van der Waals surface area contributed by atoms with Crippen LogP contribution in [0.4, 0.5) is 32.4 Å². The van der Waals surface area contributed by atoms with Crippen molar-refractivity contribution < 1.29 is 41.0 Å². The first-order valence-electron chi connectivity index (χ1n) is 13.6. The lowest BCUT2D eigenvalue weighted by Crippen LogP contribution is -2.49. The molecule has 1 aromatic heterocycles. The molecule has 3 N–H and O–H groups in total. The summed E-state index contributed by atoms with van der Waals surface area (Å²) in [6, 6.07) is 14.9. The van der Waals surface area contributed by atoms with Gasteiger partial charge < -0.3 is 25.4 Å². The molecule has 4 rings (SSSR count). The van der Waals surface area contributed by atoms with Crippen LogP contribution in [0.25, 0.3) is 0 Å². The SMILES string of the molecule is O=C(CC(c1ccccc1)c1ccc(F)cc1)Nc1cncc(F)c1CC[C@@H]1CN[C@H](COC(=O)NCC(F)(F)F)CO1. The van der Waals surface area contributed by atoms with Gasteiger partial charge in [-0.2, -0.15) is 13.2 Å². The standard InChI is InChI=1S/C30H31F5N4O4/c31-21-8-6-20(7-9-21)25(19-4-2-1-3-5-19)12-28(40)39-27-15-36-14-26(32)24(27)11-10-23-13-37-22(16-42-23)17-43-29(41)38-18-30(33,34)35/h1-9,14-15,22-23,25,37H,10-13,16-18H2,(H,38,41)(H,39,40)/t22-,23+,25?/m0/s1. The number of hydrogen-bond donors (Lipinski definition) is 3. The third-order valence-electron chi connectivity index (χ3n) is 6.88. The molecule has 1 aliphatic rings. The van der Waals surface area contributed by atoms with Gasteiger partial charge in [-0.3, -0.25) is 9.78 Å². The van der Waals surface area contributed by atoms with Gasteiger partial charge in [0.05, 0.1) is 36.8 Å². The monoisotopic (exact) mass is 606 g/mol. The highest BCUT2D eigenvalue weighted by Crippen LogP contribution is 2.29. The topological polar surface area (TPSA) is 102 Å². The number of aromatic nitrogens is 1. The summed E-state index contributed by atoms with van der Waals surface area (Å²) in [6.45, 7) is -1.21. The van der Waals surface area contributed by atoms with E-state index in [1.54, 1.807) is 17.4 Å². The maximum absolute atomic E-state index is 14.8. The summed E-state index contributed by atoms with van der Waals surface area (Å²) in [5, 5.41) is 7.50. The lowest BCUT2D eigenvalue weighted by Gasteiger charge is -2.30. The summed E-state index contributed by atoms with van der Waals surface area (Å²) in [5.41, 5.74) is 2.12. The third kappa shape index (κ3) is 10.00. The number of halogens is 5. The van der Waals surface area contributed by atoms with Crippen molar-refractivity contribution in [1.29, 1.82) is 0 Å². The van der Waals surface area contributed by atoms with Crippen LogP contribution in [0, 0.1) is 11.6 Å². The fourth-order valence-corrected chi connectivity index (χ4v) is 4.68. The second kappa shape index (κ2) is 14.9. The smallest absolute Gasteiger partial charge is 0.407 e. The molecule has 3 aromatic rings. The number of anilines is 1. The number of rotatable bonds is 11. The number of ether oxygens (including phenoxy) is 2. The molecule has 43 heavy (non-hydrogen) atoms. The average Bonchev–Trinajstić information content (AvgIpc) is 2.99. The quantitative estimate of drug-likeness (QED) is 0.263. The van der Waals surface area contributed by atoms with Crippen LogP contribution in [0.15, 0.2) is 67.0 Å². The minimum Gasteiger partial charge on any atom is -0.448 e. The first-order chi connectivity index (χ1) is 20.6. The number of benzene rings is 2. The number of pyridine rings is 1. The molecule has 1 saturated heterocycles. The van der Waals surface area contributed by atoms with E-state index in [1.165, 1.54) is 18.3 Å². The van der Waals surface area contributed by atoms with Crippen molar-refractivity contribution in [3.05, 3.63) is 95.3 Å². The number of nitrogens with zero attached hydrogens (tertiary/aromatic N) is 1. The minimum absolute atomic E-state index is 0.0267. The zero-order valence-corrected chi connectivity index (χ0v) is 23.0. The highest BCUT2D eigenvalue weighted by Gasteiger charge is 2.29. The number of hydrogen-bond acceptors (Lipinski definition) is 6. The Balaban J connectivity index is 1.30. The lowest BCUT2D eigenvalue weighted by molar-refractivity contribution is -0.124. The Hall–Kier alpha value is -4.10. The molecule has 8 nitrogen and oxygen atoms in total. The van der Waals surface area contributed by atoms with Gasteiger partial charge in [0.2, 0.25) is 5.91 Å². The average molecular weight is 607 g/mol. The summed E-state index contributed by atoms with van der Waals surface area (Å²) in [5.74, 6) is -1.70. The number of morpholine rings is 1. The Kier molecular flexibility index (Phi) is 11.0. The van der Waals surface area contributed by atoms with Gasteiger partial charge in [0.15, 0.2) is 0 Å². The molecule has 1 unspecified atom stereocenters. The number of amides is 2. The Morgan fingerprint density at radius 2 is 1.77 bits per heavy atom. The molecule has 2 amide bonds. The van der Waals surface area contributed by atoms with E-state index >= 15 is 0 Å². The van der Waals surface area contributed by atoms with Crippen molar-refractivity contribution in [3.8, 4) is 0 Å².